The van der Waals surface area contributed by atoms with E-state index in [4.69, 9.17) is 15.7 Å². The van der Waals surface area contributed by atoms with Crippen molar-refractivity contribution in [2.45, 2.75) is 48.2 Å². The van der Waals surface area contributed by atoms with Gasteiger partial charge in [0.2, 0.25) is 11.9 Å². The number of hydrogen-bond acceptors (Lipinski definition) is 7. The molecule has 0 spiro atoms. The van der Waals surface area contributed by atoms with Crippen molar-refractivity contribution in [1.29, 1.82) is 0 Å². The van der Waals surface area contributed by atoms with Crippen LogP contribution in [0.2, 0.25) is 0 Å². The highest BCUT2D eigenvalue weighted by Gasteiger charge is 2.32. The average molecular weight is 500 g/mol. The van der Waals surface area contributed by atoms with Gasteiger partial charge in [-0.25, -0.2) is 4.98 Å². The van der Waals surface area contributed by atoms with Gasteiger partial charge in [-0.15, -0.1) is 0 Å². The third-order valence-electron chi connectivity index (χ3n) is 6.58. The van der Waals surface area contributed by atoms with Gasteiger partial charge in [0.15, 0.2) is 0 Å². The molecule has 1 saturated carbocycles. The van der Waals surface area contributed by atoms with E-state index >= 15 is 0 Å². The summed E-state index contributed by atoms with van der Waals surface area (Å²) < 4.78 is 0. The van der Waals surface area contributed by atoms with Crippen molar-refractivity contribution in [2.75, 3.05) is 10.6 Å². The fraction of sp³-hybridized carbons (Fsp3) is 0.250. The molecule has 1 heterocycles. The van der Waals surface area contributed by atoms with Crippen LogP contribution < -0.4 is 16.4 Å². The van der Waals surface area contributed by atoms with Gasteiger partial charge in [0.1, 0.15) is 5.82 Å². The van der Waals surface area contributed by atoms with E-state index < -0.39 is 0 Å². The minimum atomic E-state index is -0.265. The summed E-state index contributed by atoms with van der Waals surface area (Å²) in [4.78, 5) is 23.6. The number of nitrogens with two attached hydrogens (primary N) is 1. The number of carbonyl (C=O) groups excluding carboxylic acids is 1. The lowest BCUT2D eigenvalue weighted by Crippen LogP contribution is -2.34. The predicted molar refractivity (Wildman–Crippen MR) is 144 cm³/mol. The van der Waals surface area contributed by atoms with Crippen molar-refractivity contribution in [3.8, 4) is 0 Å². The largest absolute Gasteiger partial charge is 0.392 e. The number of primary amides is 1. The molecular weight excluding hydrogens is 470 g/mol. The maximum atomic E-state index is 11.9. The second-order valence-corrected chi connectivity index (χ2v) is 10.0. The topological polar surface area (TPSA) is 113 Å². The van der Waals surface area contributed by atoms with Gasteiger partial charge in [0, 0.05) is 27.8 Å². The maximum absolute atomic E-state index is 11.9. The zero-order valence-electron chi connectivity index (χ0n) is 19.9. The van der Waals surface area contributed by atoms with E-state index in [9.17, 15) is 9.90 Å². The lowest BCUT2D eigenvalue weighted by Gasteiger charge is -2.20. The van der Waals surface area contributed by atoms with Crippen LogP contribution in [-0.2, 0) is 17.9 Å². The first-order chi connectivity index (χ1) is 17.6. The van der Waals surface area contributed by atoms with Crippen molar-refractivity contribution in [1.82, 2.24) is 9.97 Å². The van der Waals surface area contributed by atoms with E-state index in [1.165, 1.54) is 0 Å². The van der Waals surface area contributed by atoms with Gasteiger partial charge in [0.25, 0.3) is 0 Å². The SMILES string of the molecule is NC(=O)[C@@H]1CCCC1Nc1nc(NCc2ccccc2Sc2ccccc2CO)nc2ccccc12. The summed E-state index contributed by atoms with van der Waals surface area (Å²) in [6.45, 7) is 0.539. The highest BCUT2D eigenvalue weighted by molar-refractivity contribution is 7.99. The molecule has 1 amide bonds. The third kappa shape index (κ3) is 5.29. The maximum Gasteiger partial charge on any atom is 0.225 e. The van der Waals surface area contributed by atoms with Crippen LogP contribution in [0.1, 0.15) is 30.4 Å². The summed E-state index contributed by atoms with van der Waals surface area (Å²) in [5.74, 6) is 0.764. The van der Waals surface area contributed by atoms with E-state index in [0.717, 1.165) is 51.1 Å². The second-order valence-electron chi connectivity index (χ2n) is 8.93. The van der Waals surface area contributed by atoms with E-state index in [-0.39, 0.29) is 24.5 Å². The number of nitrogens with one attached hydrogen (secondary N) is 2. The number of anilines is 2. The number of para-hydroxylation sites is 1. The monoisotopic (exact) mass is 499 g/mol. The molecule has 0 saturated heterocycles. The number of nitrogens with zero attached hydrogens (tertiary/aromatic N) is 2. The number of hydrogen-bond donors (Lipinski definition) is 4. The molecule has 0 bridgehead atoms. The molecule has 0 aliphatic heterocycles. The zero-order valence-corrected chi connectivity index (χ0v) is 20.7. The van der Waals surface area contributed by atoms with Crippen LogP contribution in [0.15, 0.2) is 82.6 Å². The Kier molecular flexibility index (Phi) is 7.34. The Balaban J connectivity index is 1.39. The molecule has 36 heavy (non-hydrogen) atoms. The number of aliphatic hydroxyl groups excluding tert-OH is 1. The van der Waals surface area contributed by atoms with Crippen molar-refractivity contribution in [2.24, 2.45) is 11.7 Å². The molecule has 5 rings (SSSR count). The number of aliphatic hydroxyl groups is 1. The van der Waals surface area contributed by atoms with E-state index in [1.54, 1.807) is 11.8 Å². The summed E-state index contributed by atoms with van der Waals surface area (Å²) in [6.07, 6.45) is 2.65. The molecule has 2 atom stereocenters. The number of fused-ring (bicyclic) bond motifs is 1. The molecular formula is C28H29N5O2S. The Bertz CT molecular complexity index is 1380. The highest BCUT2D eigenvalue weighted by Crippen LogP contribution is 2.34. The summed E-state index contributed by atoms with van der Waals surface area (Å²) in [7, 11) is 0. The van der Waals surface area contributed by atoms with Gasteiger partial charge in [-0.05, 0) is 48.2 Å². The van der Waals surface area contributed by atoms with E-state index in [2.05, 4.69) is 22.8 Å². The van der Waals surface area contributed by atoms with Gasteiger partial charge in [0.05, 0.1) is 18.0 Å². The molecule has 1 aliphatic carbocycles. The molecule has 1 aliphatic rings. The molecule has 5 N–H and O–H groups in total. The fourth-order valence-corrected chi connectivity index (χ4v) is 5.76. The van der Waals surface area contributed by atoms with Crippen LogP contribution in [0, 0.1) is 5.92 Å². The average Bonchev–Trinajstić information content (AvgIpc) is 3.37. The Labute approximate surface area is 214 Å². The van der Waals surface area contributed by atoms with E-state index in [1.807, 2.05) is 60.7 Å². The van der Waals surface area contributed by atoms with Crippen molar-refractivity contribution < 1.29 is 9.90 Å². The van der Waals surface area contributed by atoms with Crippen molar-refractivity contribution in [3.05, 3.63) is 83.9 Å². The van der Waals surface area contributed by atoms with Gasteiger partial charge < -0.3 is 21.5 Å². The zero-order chi connectivity index (χ0) is 24.9. The fourth-order valence-electron chi connectivity index (χ4n) is 4.69. The minimum absolute atomic E-state index is 0.00189. The van der Waals surface area contributed by atoms with Gasteiger partial charge >= 0.3 is 0 Å². The number of amides is 1. The van der Waals surface area contributed by atoms with Crippen LogP contribution in [0.4, 0.5) is 11.8 Å². The standard InChI is InChI=1S/C28H29N5O2S/c29-26(35)20-11-7-13-22(20)31-27-21-10-3-4-12-23(21)32-28(33-27)30-16-18-8-1-5-14-24(18)36-25-15-6-2-9-19(25)17-34/h1-6,8-10,12,14-15,20,22,34H,7,11,13,16-17H2,(H2,29,35)(H2,30,31,32,33)/t20-,22?/m1/s1. The highest BCUT2D eigenvalue weighted by atomic mass is 32.2. The van der Waals surface area contributed by atoms with Gasteiger partial charge in [-0.2, -0.15) is 4.98 Å². The minimum Gasteiger partial charge on any atom is -0.392 e. The summed E-state index contributed by atoms with van der Waals surface area (Å²) >= 11 is 1.63. The molecule has 3 aromatic carbocycles. The Morgan fingerprint density at radius 1 is 0.944 bits per heavy atom. The quantitative estimate of drug-likeness (QED) is 0.258. The summed E-state index contributed by atoms with van der Waals surface area (Å²) in [6, 6.07) is 23.9. The first kappa shape index (κ1) is 24.1. The molecule has 184 valence electrons. The number of carbonyl (C=O) groups is 1. The van der Waals surface area contributed by atoms with Crippen LogP contribution in [0.5, 0.6) is 0 Å². The van der Waals surface area contributed by atoms with Crippen LogP contribution >= 0.6 is 11.8 Å². The van der Waals surface area contributed by atoms with Crippen molar-refractivity contribution >= 4 is 40.3 Å². The van der Waals surface area contributed by atoms with Crippen LogP contribution in [-0.4, -0.2) is 27.0 Å². The molecule has 0 radical (unpaired) electrons. The normalized spacial score (nSPS) is 17.2. The number of benzene rings is 3. The van der Waals surface area contributed by atoms with Crippen LogP contribution in [0.3, 0.4) is 0 Å². The Hall–Kier alpha value is -3.62. The lowest BCUT2D eigenvalue weighted by molar-refractivity contribution is -0.121. The molecule has 7 nitrogen and oxygen atoms in total. The molecule has 8 heteroatoms. The third-order valence-corrected chi connectivity index (χ3v) is 7.82. The molecule has 1 aromatic heterocycles. The summed E-state index contributed by atoms with van der Waals surface area (Å²) in [5.41, 5.74) is 8.47. The predicted octanol–water partition coefficient (Wildman–Crippen LogP) is 4.95. The van der Waals surface area contributed by atoms with E-state index in [0.29, 0.717) is 18.3 Å². The lowest BCUT2D eigenvalue weighted by atomic mass is 10.0. The summed E-state index contributed by atoms with van der Waals surface area (Å²) in [5, 5.41) is 17.5. The molecule has 1 fully saturated rings. The smallest absolute Gasteiger partial charge is 0.225 e. The second kappa shape index (κ2) is 11.0. The first-order valence-electron chi connectivity index (χ1n) is 12.1. The number of rotatable bonds is 9. The Morgan fingerprint density at radius 2 is 1.64 bits per heavy atom. The molecule has 4 aromatic rings. The first-order valence-corrected chi connectivity index (χ1v) is 12.9. The van der Waals surface area contributed by atoms with Crippen molar-refractivity contribution in [3.63, 3.8) is 0 Å². The molecule has 1 unspecified atom stereocenters. The van der Waals surface area contributed by atoms with Gasteiger partial charge in [-0.1, -0.05) is 66.7 Å². The van der Waals surface area contributed by atoms with Crippen LogP contribution in [0.25, 0.3) is 10.9 Å². The van der Waals surface area contributed by atoms with Gasteiger partial charge in [-0.3, -0.25) is 4.79 Å². The Morgan fingerprint density at radius 3 is 2.42 bits per heavy atom. The number of aromatic nitrogens is 2.